The molecule has 19 heavy (non-hydrogen) atoms. The molecule has 2 aromatic rings. The van der Waals surface area contributed by atoms with Gasteiger partial charge in [-0.25, -0.2) is 4.98 Å². The fraction of sp³-hybridized carbons (Fsp3) is 0.417. The molecular weight excluding hydrogens is 282 g/mol. The first-order valence-corrected chi connectivity index (χ1v) is 7.72. The summed E-state index contributed by atoms with van der Waals surface area (Å²) in [6.45, 7) is 3.82. The van der Waals surface area contributed by atoms with Crippen LogP contribution in [0.4, 0.5) is 0 Å². The van der Waals surface area contributed by atoms with Crippen LogP contribution in [0.15, 0.2) is 21.4 Å². The predicted molar refractivity (Wildman–Crippen MR) is 78.9 cm³/mol. The molecule has 5 nitrogen and oxygen atoms in total. The second kappa shape index (κ2) is 5.75. The standard InChI is InChI=1S/C12H15N3O2S2/c1-7(2)13-9(16)6-19-12-14-8-4-5-18-10(8)11(17)15(12)3/h4-5,7H,6H2,1-3H3,(H,13,16). The molecule has 0 saturated heterocycles. The first kappa shape index (κ1) is 14.1. The van der Waals surface area contributed by atoms with Crippen LogP contribution in [-0.2, 0) is 11.8 Å². The molecule has 1 N–H and O–H groups in total. The minimum Gasteiger partial charge on any atom is -0.353 e. The highest BCUT2D eigenvalue weighted by Gasteiger charge is 2.11. The zero-order valence-electron chi connectivity index (χ0n) is 11.0. The largest absolute Gasteiger partial charge is 0.353 e. The molecule has 0 spiro atoms. The second-order valence-corrected chi connectivity index (χ2v) is 6.26. The first-order chi connectivity index (χ1) is 8.99. The summed E-state index contributed by atoms with van der Waals surface area (Å²) >= 11 is 2.66. The number of carbonyl (C=O) groups is 1. The second-order valence-electron chi connectivity index (χ2n) is 4.40. The van der Waals surface area contributed by atoms with Gasteiger partial charge in [0.15, 0.2) is 5.16 Å². The van der Waals surface area contributed by atoms with Crippen LogP contribution in [0.5, 0.6) is 0 Å². The highest BCUT2D eigenvalue weighted by Crippen LogP contribution is 2.19. The lowest BCUT2D eigenvalue weighted by molar-refractivity contribution is -0.119. The molecule has 1 amide bonds. The van der Waals surface area contributed by atoms with Gasteiger partial charge in [0, 0.05) is 13.1 Å². The summed E-state index contributed by atoms with van der Waals surface area (Å²) < 4.78 is 2.14. The number of thiophene rings is 1. The molecule has 102 valence electrons. The Bertz CT molecular complexity index is 661. The fourth-order valence-electron chi connectivity index (χ4n) is 1.59. The number of aromatic nitrogens is 2. The smallest absolute Gasteiger partial charge is 0.271 e. The van der Waals surface area contributed by atoms with Crippen LogP contribution in [0.25, 0.3) is 10.2 Å². The van der Waals surface area contributed by atoms with Gasteiger partial charge < -0.3 is 5.32 Å². The monoisotopic (exact) mass is 297 g/mol. The molecule has 2 heterocycles. The number of hydrogen-bond donors (Lipinski definition) is 1. The number of rotatable bonds is 4. The lowest BCUT2D eigenvalue weighted by Crippen LogP contribution is -2.31. The number of amides is 1. The van der Waals surface area contributed by atoms with Crippen molar-refractivity contribution >= 4 is 39.2 Å². The van der Waals surface area contributed by atoms with Crippen LogP contribution in [-0.4, -0.2) is 27.3 Å². The van der Waals surface area contributed by atoms with E-state index in [0.29, 0.717) is 15.4 Å². The van der Waals surface area contributed by atoms with Gasteiger partial charge in [-0.05, 0) is 25.3 Å². The molecule has 0 atom stereocenters. The molecule has 0 saturated carbocycles. The minimum absolute atomic E-state index is 0.0559. The van der Waals surface area contributed by atoms with Crippen LogP contribution in [0.3, 0.4) is 0 Å². The minimum atomic E-state index is -0.0632. The number of nitrogens with one attached hydrogen (secondary N) is 1. The maximum absolute atomic E-state index is 12.1. The number of carbonyl (C=O) groups excluding carboxylic acids is 1. The lowest BCUT2D eigenvalue weighted by atomic mass is 10.4. The highest BCUT2D eigenvalue weighted by molar-refractivity contribution is 7.99. The van der Waals surface area contributed by atoms with Crippen LogP contribution in [0.2, 0.25) is 0 Å². The summed E-state index contributed by atoms with van der Waals surface area (Å²) in [6.07, 6.45) is 0. The van der Waals surface area contributed by atoms with Gasteiger partial charge in [-0.2, -0.15) is 0 Å². The van der Waals surface area contributed by atoms with E-state index in [4.69, 9.17) is 0 Å². The first-order valence-electron chi connectivity index (χ1n) is 5.85. The Morgan fingerprint density at radius 2 is 2.32 bits per heavy atom. The van der Waals surface area contributed by atoms with Gasteiger partial charge in [0.1, 0.15) is 4.70 Å². The number of thioether (sulfide) groups is 1. The van der Waals surface area contributed by atoms with E-state index in [1.165, 1.54) is 27.7 Å². The van der Waals surface area contributed by atoms with Gasteiger partial charge in [-0.15, -0.1) is 11.3 Å². The maximum atomic E-state index is 12.1. The third-order valence-electron chi connectivity index (χ3n) is 2.43. The van der Waals surface area contributed by atoms with Gasteiger partial charge in [-0.1, -0.05) is 11.8 Å². The van der Waals surface area contributed by atoms with E-state index < -0.39 is 0 Å². The van der Waals surface area contributed by atoms with Crippen molar-refractivity contribution in [3.63, 3.8) is 0 Å². The Morgan fingerprint density at radius 3 is 3.00 bits per heavy atom. The molecule has 0 aromatic carbocycles. The molecule has 0 unspecified atom stereocenters. The summed E-state index contributed by atoms with van der Waals surface area (Å²) in [5.74, 6) is 0.202. The van der Waals surface area contributed by atoms with Crippen LogP contribution >= 0.6 is 23.1 Å². The average molecular weight is 297 g/mol. The normalized spacial score (nSPS) is 11.2. The van der Waals surface area contributed by atoms with Crippen LogP contribution in [0.1, 0.15) is 13.8 Å². The fourth-order valence-corrected chi connectivity index (χ4v) is 3.18. The summed E-state index contributed by atoms with van der Waals surface area (Å²) in [6, 6.07) is 1.93. The van der Waals surface area contributed by atoms with E-state index in [1.807, 2.05) is 25.3 Å². The molecule has 0 aliphatic rings. The topological polar surface area (TPSA) is 64.0 Å². The van der Waals surface area contributed by atoms with Crippen LogP contribution < -0.4 is 10.9 Å². The summed E-state index contributed by atoms with van der Waals surface area (Å²) in [5.41, 5.74) is 0.631. The zero-order valence-corrected chi connectivity index (χ0v) is 12.6. The molecule has 0 fully saturated rings. The van der Waals surface area contributed by atoms with Gasteiger partial charge >= 0.3 is 0 Å². The van der Waals surface area contributed by atoms with E-state index in [2.05, 4.69) is 10.3 Å². The van der Waals surface area contributed by atoms with Crippen molar-refractivity contribution in [1.29, 1.82) is 0 Å². The van der Waals surface area contributed by atoms with Crippen molar-refractivity contribution < 1.29 is 4.79 Å². The predicted octanol–water partition coefficient (Wildman–Crippen LogP) is 1.61. The van der Waals surface area contributed by atoms with Gasteiger partial charge in [-0.3, -0.25) is 14.2 Å². The molecule has 0 radical (unpaired) electrons. The number of hydrogen-bond acceptors (Lipinski definition) is 5. The molecular formula is C12H15N3O2S2. The summed E-state index contributed by atoms with van der Waals surface area (Å²) in [5, 5.41) is 5.22. The number of nitrogens with zero attached hydrogens (tertiary/aromatic N) is 2. The van der Waals surface area contributed by atoms with Crippen molar-refractivity contribution in [2.45, 2.75) is 25.0 Å². The Balaban J connectivity index is 2.19. The molecule has 0 bridgehead atoms. The van der Waals surface area contributed by atoms with Gasteiger partial charge in [0.2, 0.25) is 5.91 Å². The van der Waals surface area contributed by atoms with Crippen molar-refractivity contribution in [1.82, 2.24) is 14.9 Å². The quantitative estimate of drug-likeness (QED) is 0.688. The average Bonchev–Trinajstić information content (AvgIpc) is 2.79. The molecule has 7 heteroatoms. The van der Waals surface area contributed by atoms with E-state index in [9.17, 15) is 9.59 Å². The SMILES string of the molecule is CC(C)NC(=O)CSc1nc2ccsc2c(=O)n1C. The van der Waals surface area contributed by atoms with Gasteiger partial charge in [0.25, 0.3) is 5.56 Å². The van der Waals surface area contributed by atoms with E-state index in [-0.39, 0.29) is 23.3 Å². The Hall–Kier alpha value is -1.34. The molecule has 0 aliphatic carbocycles. The Morgan fingerprint density at radius 1 is 1.58 bits per heavy atom. The number of fused-ring (bicyclic) bond motifs is 1. The van der Waals surface area contributed by atoms with Crippen molar-refractivity contribution in [3.05, 3.63) is 21.8 Å². The van der Waals surface area contributed by atoms with Crippen molar-refractivity contribution in [3.8, 4) is 0 Å². The Labute approximate surface area is 119 Å². The Kier molecular flexibility index (Phi) is 4.26. The third kappa shape index (κ3) is 3.16. The van der Waals surface area contributed by atoms with Crippen molar-refractivity contribution in [2.24, 2.45) is 7.05 Å². The van der Waals surface area contributed by atoms with Gasteiger partial charge in [0.05, 0.1) is 11.3 Å². The zero-order chi connectivity index (χ0) is 14.0. The highest BCUT2D eigenvalue weighted by atomic mass is 32.2. The maximum Gasteiger partial charge on any atom is 0.271 e. The molecule has 0 aliphatic heterocycles. The van der Waals surface area contributed by atoms with Crippen molar-refractivity contribution in [2.75, 3.05) is 5.75 Å². The van der Waals surface area contributed by atoms with E-state index >= 15 is 0 Å². The lowest BCUT2D eigenvalue weighted by Gasteiger charge is -2.09. The molecule has 2 aromatic heterocycles. The summed E-state index contributed by atoms with van der Waals surface area (Å²) in [7, 11) is 1.68. The van der Waals surface area contributed by atoms with E-state index in [1.54, 1.807) is 7.05 Å². The van der Waals surface area contributed by atoms with Crippen LogP contribution in [0, 0.1) is 0 Å². The summed E-state index contributed by atoms with van der Waals surface area (Å²) in [4.78, 5) is 28.0. The third-order valence-corrected chi connectivity index (χ3v) is 4.35. The molecule has 2 rings (SSSR count). The van der Waals surface area contributed by atoms with E-state index in [0.717, 1.165) is 0 Å².